The lowest BCUT2D eigenvalue weighted by molar-refractivity contribution is 0.338. The smallest absolute Gasteiger partial charge is 0.191 e. The minimum absolute atomic E-state index is 0. The predicted octanol–water partition coefficient (Wildman–Crippen LogP) is 3.54. The van der Waals surface area contributed by atoms with Gasteiger partial charge in [0.2, 0.25) is 0 Å². The Kier molecular flexibility index (Phi) is 7.86. The van der Waals surface area contributed by atoms with E-state index in [2.05, 4.69) is 20.9 Å². The average molecular weight is 472 g/mol. The summed E-state index contributed by atoms with van der Waals surface area (Å²) in [6.07, 6.45) is 5.63. The fourth-order valence-electron chi connectivity index (χ4n) is 3.34. The van der Waals surface area contributed by atoms with Gasteiger partial charge in [-0.05, 0) is 38.2 Å². The molecule has 1 aromatic heterocycles. The molecule has 3 N–H and O–H groups in total. The van der Waals surface area contributed by atoms with Gasteiger partial charge < -0.3 is 25.1 Å². The number of nitrogens with one attached hydrogen (secondary N) is 1. The van der Waals surface area contributed by atoms with Crippen molar-refractivity contribution in [2.75, 3.05) is 33.9 Å². The quantitative estimate of drug-likeness (QED) is 0.292. The third-order valence-corrected chi connectivity index (χ3v) is 4.74. The fraction of sp³-hybridized carbons (Fsp3) is 0.526. The largest absolute Gasteiger partial charge is 0.497 e. The van der Waals surface area contributed by atoms with Gasteiger partial charge in [0.15, 0.2) is 5.96 Å². The number of nitrogens with zero attached hydrogens (tertiary/aromatic N) is 2. The van der Waals surface area contributed by atoms with Crippen LogP contribution in [-0.2, 0) is 6.42 Å². The summed E-state index contributed by atoms with van der Waals surface area (Å²) in [5.41, 5.74) is 8.30. The molecule has 1 aliphatic heterocycles. The van der Waals surface area contributed by atoms with Gasteiger partial charge in [-0.15, -0.1) is 24.0 Å². The number of aromatic amines is 1. The zero-order chi connectivity index (χ0) is 17.6. The van der Waals surface area contributed by atoms with Crippen LogP contribution < -0.4 is 15.2 Å². The van der Waals surface area contributed by atoms with Gasteiger partial charge in [0.1, 0.15) is 11.5 Å². The SMILES string of the molecule is COc1cc(OC)c2cc(CCCN=C(N)N3CCCCC3)[nH]c2c1.I. The molecule has 0 unspecified atom stereocenters. The molecule has 2 heterocycles. The summed E-state index contributed by atoms with van der Waals surface area (Å²) < 4.78 is 10.8. The van der Waals surface area contributed by atoms with Gasteiger partial charge >= 0.3 is 0 Å². The molecule has 0 amide bonds. The lowest BCUT2D eigenvalue weighted by Gasteiger charge is -2.27. The molecule has 0 radical (unpaired) electrons. The van der Waals surface area contributed by atoms with Crippen molar-refractivity contribution in [3.8, 4) is 11.5 Å². The second-order valence-electron chi connectivity index (χ2n) is 6.48. The van der Waals surface area contributed by atoms with Crippen LogP contribution in [0.5, 0.6) is 11.5 Å². The molecular formula is C19H29IN4O2. The molecule has 6 nitrogen and oxygen atoms in total. The first-order valence-electron chi connectivity index (χ1n) is 8.99. The number of nitrogens with two attached hydrogens (primary N) is 1. The highest BCUT2D eigenvalue weighted by atomic mass is 127. The summed E-state index contributed by atoms with van der Waals surface area (Å²) in [5, 5.41) is 1.08. The maximum Gasteiger partial charge on any atom is 0.191 e. The van der Waals surface area contributed by atoms with Crippen molar-refractivity contribution in [1.82, 2.24) is 9.88 Å². The summed E-state index contributed by atoms with van der Waals surface area (Å²) in [6.45, 7) is 2.83. The van der Waals surface area contributed by atoms with Crippen molar-refractivity contribution in [3.05, 3.63) is 23.9 Å². The van der Waals surface area contributed by atoms with Crippen LogP contribution in [0.2, 0.25) is 0 Å². The minimum atomic E-state index is 0. The molecule has 0 bridgehead atoms. The number of guanidine groups is 1. The fourth-order valence-corrected chi connectivity index (χ4v) is 3.34. The Balaban J connectivity index is 0.00000243. The van der Waals surface area contributed by atoms with E-state index in [1.165, 1.54) is 25.0 Å². The van der Waals surface area contributed by atoms with Gasteiger partial charge in [0.05, 0.1) is 19.7 Å². The number of piperidine rings is 1. The van der Waals surface area contributed by atoms with Crippen molar-refractivity contribution >= 4 is 40.8 Å². The third-order valence-electron chi connectivity index (χ3n) is 4.74. The Bertz CT molecular complexity index is 738. The number of halogens is 1. The van der Waals surface area contributed by atoms with Gasteiger partial charge in [-0.25, -0.2) is 0 Å². The lowest BCUT2D eigenvalue weighted by Crippen LogP contribution is -2.40. The van der Waals surface area contributed by atoms with E-state index in [4.69, 9.17) is 15.2 Å². The lowest BCUT2D eigenvalue weighted by atomic mass is 10.1. The first-order valence-corrected chi connectivity index (χ1v) is 8.99. The third kappa shape index (κ3) is 4.96. The van der Waals surface area contributed by atoms with E-state index in [-0.39, 0.29) is 24.0 Å². The summed E-state index contributed by atoms with van der Waals surface area (Å²) in [4.78, 5) is 10.2. The minimum Gasteiger partial charge on any atom is -0.497 e. The second-order valence-corrected chi connectivity index (χ2v) is 6.48. The van der Waals surface area contributed by atoms with Crippen LogP contribution in [0.25, 0.3) is 10.9 Å². The van der Waals surface area contributed by atoms with E-state index in [0.29, 0.717) is 5.96 Å². The first-order chi connectivity index (χ1) is 12.2. The summed E-state index contributed by atoms with van der Waals surface area (Å²) >= 11 is 0. The topological polar surface area (TPSA) is 75.9 Å². The van der Waals surface area contributed by atoms with Crippen molar-refractivity contribution in [2.45, 2.75) is 32.1 Å². The molecular weight excluding hydrogens is 443 g/mol. The van der Waals surface area contributed by atoms with Gasteiger partial charge in [-0.3, -0.25) is 4.99 Å². The van der Waals surface area contributed by atoms with E-state index < -0.39 is 0 Å². The highest BCUT2D eigenvalue weighted by molar-refractivity contribution is 14.0. The molecule has 7 heteroatoms. The molecule has 1 fully saturated rings. The zero-order valence-corrected chi connectivity index (χ0v) is 17.9. The molecule has 1 saturated heterocycles. The Morgan fingerprint density at radius 3 is 2.62 bits per heavy atom. The molecule has 1 aliphatic rings. The number of benzene rings is 1. The van der Waals surface area contributed by atoms with Crippen molar-refractivity contribution in [3.63, 3.8) is 0 Å². The van der Waals surface area contributed by atoms with E-state index >= 15 is 0 Å². The number of hydrogen-bond acceptors (Lipinski definition) is 3. The van der Waals surface area contributed by atoms with Gasteiger partial charge in [0.25, 0.3) is 0 Å². The Labute approximate surface area is 172 Å². The number of rotatable bonds is 6. The van der Waals surface area contributed by atoms with E-state index in [1.807, 2.05) is 12.1 Å². The Morgan fingerprint density at radius 1 is 1.15 bits per heavy atom. The number of aromatic nitrogens is 1. The number of aryl methyl sites for hydroxylation is 1. The van der Waals surface area contributed by atoms with E-state index in [1.54, 1.807) is 14.2 Å². The summed E-state index contributed by atoms with van der Waals surface area (Å²) in [7, 11) is 3.34. The van der Waals surface area contributed by atoms with Crippen LogP contribution in [0.3, 0.4) is 0 Å². The molecule has 1 aromatic carbocycles. The monoisotopic (exact) mass is 472 g/mol. The number of ether oxygens (including phenoxy) is 2. The van der Waals surface area contributed by atoms with Crippen molar-refractivity contribution < 1.29 is 9.47 Å². The number of fused-ring (bicyclic) bond motifs is 1. The van der Waals surface area contributed by atoms with Crippen LogP contribution in [0, 0.1) is 0 Å². The highest BCUT2D eigenvalue weighted by Gasteiger charge is 2.12. The molecule has 26 heavy (non-hydrogen) atoms. The first kappa shape index (κ1) is 20.7. The Hall–Kier alpha value is -1.64. The van der Waals surface area contributed by atoms with Crippen LogP contribution in [0.15, 0.2) is 23.2 Å². The molecule has 144 valence electrons. The van der Waals surface area contributed by atoms with E-state index in [9.17, 15) is 0 Å². The number of H-pyrrole nitrogens is 1. The van der Waals surface area contributed by atoms with Gasteiger partial charge in [0, 0.05) is 42.8 Å². The molecule has 2 aromatic rings. The number of methoxy groups -OCH3 is 2. The number of hydrogen-bond donors (Lipinski definition) is 2. The molecule has 0 saturated carbocycles. The molecule has 0 atom stereocenters. The molecule has 0 aliphatic carbocycles. The number of likely N-dealkylation sites (tertiary alicyclic amines) is 1. The summed E-state index contributed by atoms with van der Waals surface area (Å²) in [5.74, 6) is 2.31. The van der Waals surface area contributed by atoms with Crippen molar-refractivity contribution in [1.29, 1.82) is 0 Å². The van der Waals surface area contributed by atoms with Crippen LogP contribution in [0.1, 0.15) is 31.4 Å². The normalized spacial score (nSPS) is 15.0. The number of aliphatic imine (C=N–C) groups is 1. The maximum absolute atomic E-state index is 6.10. The predicted molar refractivity (Wildman–Crippen MR) is 117 cm³/mol. The molecule has 3 rings (SSSR count). The van der Waals surface area contributed by atoms with Gasteiger partial charge in [-0.2, -0.15) is 0 Å². The standard InChI is InChI=1S/C19H28N4O2.HI/c1-24-15-12-17-16(18(13-15)25-2)11-14(22-17)7-6-8-21-19(20)23-9-4-3-5-10-23;/h11-13,22H,3-10H2,1-2H3,(H2,20,21);1H. The highest BCUT2D eigenvalue weighted by Crippen LogP contribution is 2.31. The zero-order valence-electron chi connectivity index (χ0n) is 15.6. The van der Waals surface area contributed by atoms with Crippen LogP contribution in [0.4, 0.5) is 0 Å². The van der Waals surface area contributed by atoms with Gasteiger partial charge in [-0.1, -0.05) is 0 Å². The molecule has 0 spiro atoms. The average Bonchev–Trinajstić information content (AvgIpc) is 3.07. The van der Waals surface area contributed by atoms with Crippen LogP contribution in [-0.4, -0.2) is 49.7 Å². The second kappa shape index (κ2) is 9.89. The maximum atomic E-state index is 6.10. The van der Waals surface area contributed by atoms with Crippen LogP contribution >= 0.6 is 24.0 Å². The van der Waals surface area contributed by atoms with Crippen molar-refractivity contribution in [2.24, 2.45) is 10.7 Å². The van der Waals surface area contributed by atoms with E-state index in [0.717, 1.165) is 54.9 Å². The summed E-state index contributed by atoms with van der Waals surface area (Å²) in [6, 6.07) is 6.04. The Morgan fingerprint density at radius 2 is 1.92 bits per heavy atom.